The van der Waals surface area contributed by atoms with Crippen LogP contribution in [0.3, 0.4) is 0 Å². The number of benzene rings is 1. The van der Waals surface area contributed by atoms with Gasteiger partial charge in [-0.3, -0.25) is 9.78 Å². The maximum Gasteiger partial charge on any atom is 0.258 e. The summed E-state index contributed by atoms with van der Waals surface area (Å²) in [6, 6.07) is 9.47. The Bertz CT molecular complexity index is 868. The highest BCUT2D eigenvalue weighted by atomic mass is 79.9. The van der Waals surface area contributed by atoms with Crippen molar-refractivity contribution in [3.63, 3.8) is 0 Å². The van der Waals surface area contributed by atoms with Gasteiger partial charge in [-0.05, 0) is 42.3 Å². The molecule has 0 bridgehead atoms. The van der Waals surface area contributed by atoms with Crippen LogP contribution < -0.4 is 10.6 Å². The lowest BCUT2D eigenvalue weighted by Crippen LogP contribution is -2.13. The van der Waals surface area contributed by atoms with Gasteiger partial charge in [0.25, 0.3) is 5.91 Å². The number of hydrogen-bond donors (Lipinski definition) is 2. The third kappa shape index (κ3) is 4.60. The van der Waals surface area contributed by atoms with Gasteiger partial charge in [0.05, 0.1) is 5.56 Å². The number of halogens is 1. The van der Waals surface area contributed by atoms with E-state index in [1.165, 1.54) is 12.4 Å². The molecular formula is C18H16BrN5O. The van der Waals surface area contributed by atoms with Crippen LogP contribution >= 0.6 is 15.9 Å². The van der Waals surface area contributed by atoms with Crippen LogP contribution in [0.15, 0.2) is 59.6 Å². The van der Waals surface area contributed by atoms with E-state index in [-0.39, 0.29) is 5.91 Å². The van der Waals surface area contributed by atoms with Gasteiger partial charge in [0.1, 0.15) is 0 Å². The summed E-state index contributed by atoms with van der Waals surface area (Å²) < 4.78 is 0.942. The maximum absolute atomic E-state index is 12.3. The topological polar surface area (TPSA) is 79.8 Å². The lowest BCUT2D eigenvalue weighted by molar-refractivity contribution is 0.102. The van der Waals surface area contributed by atoms with Gasteiger partial charge in [0.15, 0.2) is 0 Å². The fourth-order valence-electron chi connectivity index (χ4n) is 2.09. The second-order valence-corrected chi connectivity index (χ2v) is 6.28. The van der Waals surface area contributed by atoms with Crippen LogP contribution in [0, 0.1) is 6.92 Å². The fraction of sp³-hybridized carbons (Fsp3) is 0.111. The van der Waals surface area contributed by atoms with Crippen LogP contribution in [0.25, 0.3) is 0 Å². The van der Waals surface area contributed by atoms with E-state index >= 15 is 0 Å². The standard InChI is InChI=1S/C18H16BrN5O/c1-12-2-3-15(8-16(12)19)24-17(25)14-10-22-18(23-11-14)21-9-13-4-6-20-7-5-13/h2-8,10-11H,9H2,1H3,(H,24,25)(H,21,22,23). The van der Waals surface area contributed by atoms with Gasteiger partial charge < -0.3 is 10.6 Å². The number of carbonyl (C=O) groups is 1. The lowest BCUT2D eigenvalue weighted by Gasteiger charge is -2.08. The third-order valence-electron chi connectivity index (χ3n) is 3.54. The van der Waals surface area contributed by atoms with E-state index in [4.69, 9.17) is 0 Å². The summed E-state index contributed by atoms with van der Waals surface area (Å²) in [4.78, 5) is 24.6. The molecule has 1 amide bonds. The Labute approximate surface area is 153 Å². The SMILES string of the molecule is Cc1ccc(NC(=O)c2cnc(NCc3ccncc3)nc2)cc1Br. The highest BCUT2D eigenvalue weighted by Gasteiger charge is 2.08. The Morgan fingerprint density at radius 3 is 2.52 bits per heavy atom. The summed E-state index contributed by atoms with van der Waals surface area (Å²) in [6.07, 6.45) is 6.46. The average Bonchev–Trinajstić information content (AvgIpc) is 2.64. The van der Waals surface area contributed by atoms with Gasteiger partial charge in [0, 0.05) is 41.5 Å². The highest BCUT2D eigenvalue weighted by molar-refractivity contribution is 9.10. The molecule has 2 aromatic heterocycles. The monoisotopic (exact) mass is 397 g/mol. The molecule has 0 saturated carbocycles. The van der Waals surface area contributed by atoms with Gasteiger partial charge in [-0.15, -0.1) is 0 Å². The third-order valence-corrected chi connectivity index (χ3v) is 4.40. The number of nitrogens with zero attached hydrogens (tertiary/aromatic N) is 3. The van der Waals surface area contributed by atoms with Gasteiger partial charge in [-0.25, -0.2) is 9.97 Å². The summed E-state index contributed by atoms with van der Waals surface area (Å²) in [5.74, 6) is 0.211. The number of pyridine rings is 1. The van der Waals surface area contributed by atoms with Crippen molar-refractivity contribution >= 4 is 33.5 Å². The van der Waals surface area contributed by atoms with Crippen molar-refractivity contribution in [1.29, 1.82) is 0 Å². The Morgan fingerprint density at radius 2 is 1.84 bits per heavy atom. The van der Waals surface area contributed by atoms with E-state index in [0.29, 0.717) is 23.7 Å². The molecule has 6 nitrogen and oxygen atoms in total. The van der Waals surface area contributed by atoms with Crippen molar-refractivity contribution < 1.29 is 4.79 Å². The van der Waals surface area contributed by atoms with Gasteiger partial charge in [-0.1, -0.05) is 22.0 Å². The van der Waals surface area contributed by atoms with Crippen LogP contribution in [0.4, 0.5) is 11.6 Å². The normalized spacial score (nSPS) is 10.3. The largest absolute Gasteiger partial charge is 0.350 e. The van der Waals surface area contributed by atoms with Crippen molar-refractivity contribution in [2.45, 2.75) is 13.5 Å². The summed E-state index contributed by atoms with van der Waals surface area (Å²) in [6.45, 7) is 2.58. The van der Waals surface area contributed by atoms with Gasteiger partial charge in [-0.2, -0.15) is 0 Å². The lowest BCUT2D eigenvalue weighted by atomic mass is 10.2. The van der Waals surface area contributed by atoms with Crippen molar-refractivity contribution in [1.82, 2.24) is 15.0 Å². The molecule has 0 aliphatic heterocycles. The van der Waals surface area contributed by atoms with E-state index in [0.717, 1.165) is 15.6 Å². The number of rotatable bonds is 5. The van der Waals surface area contributed by atoms with E-state index in [2.05, 4.69) is 41.5 Å². The summed E-state index contributed by atoms with van der Waals surface area (Å²) in [7, 11) is 0. The van der Waals surface area contributed by atoms with E-state index in [9.17, 15) is 4.79 Å². The van der Waals surface area contributed by atoms with Crippen molar-refractivity contribution in [2.75, 3.05) is 10.6 Å². The number of anilines is 2. The molecule has 25 heavy (non-hydrogen) atoms. The molecular weight excluding hydrogens is 382 g/mol. The zero-order valence-corrected chi connectivity index (χ0v) is 15.1. The second kappa shape index (κ2) is 7.85. The van der Waals surface area contributed by atoms with E-state index in [1.807, 2.05) is 37.3 Å². The molecule has 0 unspecified atom stereocenters. The first-order chi connectivity index (χ1) is 12.1. The first-order valence-corrected chi connectivity index (χ1v) is 8.43. The van der Waals surface area contributed by atoms with Gasteiger partial charge in [0.2, 0.25) is 5.95 Å². The molecule has 2 heterocycles. The smallest absolute Gasteiger partial charge is 0.258 e. The first kappa shape index (κ1) is 17.0. The Kier molecular flexibility index (Phi) is 5.35. The summed E-state index contributed by atoms with van der Waals surface area (Å²) in [5, 5.41) is 5.93. The molecule has 0 fully saturated rings. The van der Waals surface area contributed by atoms with E-state index in [1.54, 1.807) is 12.4 Å². The minimum Gasteiger partial charge on any atom is -0.350 e. The van der Waals surface area contributed by atoms with E-state index < -0.39 is 0 Å². The quantitative estimate of drug-likeness (QED) is 0.684. The van der Waals surface area contributed by atoms with Crippen LogP contribution in [-0.2, 0) is 6.54 Å². The second-order valence-electron chi connectivity index (χ2n) is 5.42. The van der Waals surface area contributed by atoms with Crippen LogP contribution in [0.1, 0.15) is 21.5 Å². The fourth-order valence-corrected chi connectivity index (χ4v) is 2.47. The molecule has 1 aromatic carbocycles. The highest BCUT2D eigenvalue weighted by Crippen LogP contribution is 2.21. The number of amides is 1. The minimum absolute atomic E-state index is 0.253. The average molecular weight is 398 g/mol. The molecule has 3 aromatic rings. The Morgan fingerprint density at radius 1 is 1.12 bits per heavy atom. The van der Waals surface area contributed by atoms with Crippen molar-refractivity contribution in [3.8, 4) is 0 Å². The van der Waals surface area contributed by atoms with Crippen LogP contribution in [0.2, 0.25) is 0 Å². The zero-order valence-electron chi connectivity index (χ0n) is 13.5. The molecule has 7 heteroatoms. The molecule has 0 radical (unpaired) electrons. The first-order valence-electron chi connectivity index (χ1n) is 7.64. The number of aromatic nitrogens is 3. The molecule has 0 atom stereocenters. The predicted molar refractivity (Wildman–Crippen MR) is 100 cm³/mol. The molecule has 0 spiro atoms. The molecule has 2 N–H and O–H groups in total. The summed E-state index contributed by atoms with van der Waals surface area (Å²) >= 11 is 3.45. The van der Waals surface area contributed by atoms with Gasteiger partial charge >= 0.3 is 0 Å². The molecule has 0 aliphatic carbocycles. The number of carbonyl (C=O) groups excluding carboxylic acids is 1. The summed E-state index contributed by atoms with van der Waals surface area (Å²) in [5.41, 5.74) is 3.28. The Balaban J connectivity index is 1.61. The van der Waals surface area contributed by atoms with Crippen molar-refractivity contribution in [3.05, 3.63) is 76.3 Å². The van der Waals surface area contributed by atoms with Crippen molar-refractivity contribution in [2.24, 2.45) is 0 Å². The molecule has 3 rings (SSSR count). The minimum atomic E-state index is -0.253. The molecule has 0 saturated heterocycles. The molecule has 0 aliphatic rings. The predicted octanol–water partition coefficient (Wildman–Crippen LogP) is 3.81. The van der Waals surface area contributed by atoms with Crippen LogP contribution in [0.5, 0.6) is 0 Å². The number of aryl methyl sites for hydroxylation is 1. The number of nitrogens with one attached hydrogen (secondary N) is 2. The van der Waals surface area contributed by atoms with Crippen LogP contribution in [-0.4, -0.2) is 20.9 Å². The zero-order chi connectivity index (χ0) is 17.6. The maximum atomic E-state index is 12.3. The molecule has 126 valence electrons. The number of hydrogen-bond acceptors (Lipinski definition) is 5. The Hall–Kier alpha value is -2.80.